The van der Waals surface area contributed by atoms with Crippen LogP contribution in [0.3, 0.4) is 0 Å². The summed E-state index contributed by atoms with van der Waals surface area (Å²) in [4.78, 5) is 0. The molecule has 0 aliphatic carbocycles. The maximum Gasteiger partial charge on any atom is 0.104 e. The van der Waals surface area contributed by atoms with Crippen LogP contribution in [-0.4, -0.2) is 16.8 Å². The third-order valence-electron chi connectivity index (χ3n) is 1.45. The average Bonchev–Trinajstić information content (AvgIpc) is 2.37. The van der Waals surface area contributed by atoms with Crippen LogP contribution in [0.1, 0.15) is 12.5 Å². The molecule has 10 heavy (non-hydrogen) atoms. The lowest BCUT2D eigenvalue weighted by molar-refractivity contribution is -0.643. The van der Waals surface area contributed by atoms with Crippen molar-refractivity contribution in [2.75, 3.05) is 7.05 Å². The Bertz CT molecular complexity index is 192. The predicted octanol–water partition coefficient (Wildman–Crippen LogP) is -0.404. The van der Waals surface area contributed by atoms with Gasteiger partial charge in [0.15, 0.2) is 0 Å². The summed E-state index contributed by atoms with van der Waals surface area (Å²) in [5.41, 5.74) is 1.30. The zero-order valence-electron chi connectivity index (χ0n) is 6.54. The molecule has 0 bridgehead atoms. The number of nitrogens with zero attached hydrogens (tertiary/aromatic N) is 2. The van der Waals surface area contributed by atoms with E-state index in [1.807, 2.05) is 10.9 Å². The molecule has 0 aliphatic heterocycles. The normalized spacial score (nSPS) is 10.2. The second-order valence-electron chi connectivity index (χ2n) is 2.32. The van der Waals surface area contributed by atoms with Crippen molar-refractivity contribution in [3.8, 4) is 0 Å². The van der Waals surface area contributed by atoms with Gasteiger partial charge in [-0.1, -0.05) is 0 Å². The van der Waals surface area contributed by atoms with Crippen LogP contribution in [-0.2, 0) is 13.1 Å². The van der Waals surface area contributed by atoms with Crippen LogP contribution in [0.25, 0.3) is 0 Å². The Morgan fingerprint density at radius 3 is 3.00 bits per heavy atom. The van der Waals surface area contributed by atoms with Gasteiger partial charge in [0.05, 0.1) is 13.2 Å². The molecule has 0 aliphatic rings. The van der Waals surface area contributed by atoms with Gasteiger partial charge < -0.3 is 5.32 Å². The van der Waals surface area contributed by atoms with E-state index in [1.165, 1.54) is 5.56 Å². The monoisotopic (exact) mass is 140 g/mol. The molecule has 3 nitrogen and oxygen atoms in total. The fourth-order valence-electron chi connectivity index (χ4n) is 0.920. The van der Waals surface area contributed by atoms with E-state index >= 15 is 0 Å². The van der Waals surface area contributed by atoms with Crippen molar-refractivity contribution in [2.45, 2.75) is 20.0 Å². The maximum absolute atomic E-state index is 4.15. The molecule has 2 N–H and O–H groups in total. The Labute approximate surface area is 61.0 Å². The largest absolute Gasteiger partial charge is 0.345 e. The van der Waals surface area contributed by atoms with Gasteiger partial charge in [0.25, 0.3) is 0 Å². The lowest BCUT2D eigenvalue weighted by Crippen LogP contribution is -2.77. The van der Waals surface area contributed by atoms with Crippen molar-refractivity contribution in [3.05, 3.63) is 18.0 Å². The van der Waals surface area contributed by atoms with E-state index in [0.717, 1.165) is 13.1 Å². The molecular weight excluding hydrogens is 126 g/mol. The zero-order valence-corrected chi connectivity index (χ0v) is 6.54. The van der Waals surface area contributed by atoms with Crippen molar-refractivity contribution in [1.82, 2.24) is 9.78 Å². The van der Waals surface area contributed by atoms with Gasteiger partial charge in [-0.25, -0.2) is 0 Å². The van der Waals surface area contributed by atoms with Gasteiger partial charge in [-0.3, -0.25) is 4.68 Å². The van der Waals surface area contributed by atoms with Crippen molar-refractivity contribution >= 4 is 0 Å². The molecule has 56 valence electrons. The van der Waals surface area contributed by atoms with Crippen LogP contribution in [0.4, 0.5) is 0 Å². The number of quaternary nitrogens is 1. The Balaban J connectivity index is 2.59. The van der Waals surface area contributed by atoms with Crippen LogP contribution < -0.4 is 5.32 Å². The molecule has 0 saturated heterocycles. The van der Waals surface area contributed by atoms with Crippen LogP contribution in [0.15, 0.2) is 12.4 Å². The van der Waals surface area contributed by atoms with E-state index in [-0.39, 0.29) is 0 Å². The summed E-state index contributed by atoms with van der Waals surface area (Å²) in [6.45, 7) is 4.08. The molecule has 0 spiro atoms. The van der Waals surface area contributed by atoms with Crippen molar-refractivity contribution in [1.29, 1.82) is 0 Å². The second-order valence-corrected chi connectivity index (χ2v) is 2.32. The first-order valence-corrected chi connectivity index (χ1v) is 3.66. The highest BCUT2D eigenvalue weighted by Crippen LogP contribution is 1.93. The van der Waals surface area contributed by atoms with E-state index < -0.39 is 0 Å². The molecule has 0 atom stereocenters. The quantitative estimate of drug-likeness (QED) is 0.609. The summed E-state index contributed by atoms with van der Waals surface area (Å²) in [5, 5.41) is 6.29. The molecular formula is C7H14N3+. The molecule has 0 aromatic carbocycles. The van der Waals surface area contributed by atoms with Crippen LogP contribution in [0.5, 0.6) is 0 Å². The Morgan fingerprint density at radius 2 is 2.50 bits per heavy atom. The van der Waals surface area contributed by atoms with Crippen molar-refractivity contribution in [2.24, 2.45) is 0 Å². The van der Waals surface area contributed by atoms with Gasteiger partial charge in [-0.15, -0.1) is 0 Å². The van der Waals surface area contributed by atoms with Crippen LogP contribution in [0.2, 0.25) is 0 Å². The first-order chi connectivity index (χ1) is 4.86. The number of nitrogens with two attached hydrogens (primary N) is 1. The summed E-state index contributed by atoms with van der Waals surface area (Å²) in [5.74, 6) is 0. The highest BCUT2D eigenvalue weighted by molar-refractivity contribution is 5.00. The lowest BCUT2D eigenvalue weighted by atomic mass is 10.4. The lowest BCUT2D eigenvalue weighted by Gasteiger charge is -1.90. The zero-order chi connectivity index (χ0) is 7.40. The van der Waals surface area contributed by atoms with E-state index in [4.69, 9.17) is 0 Å². The molecule has 1 aromatic rings. The van der Waals surface area contributed by atoms with Gasteiger partial charge in [0, 0.05) is 18.3 Å². The molecule has 0 saturated carbocycles. The maximum atomic E-state index is 4.15. The number of aryl methyl sites for hydroxylation is 1. The first kappa shape index (κ1) is 7.28. The summed E-state index contributed by atoms with van der Waals surface area (Å²) in [6, 6.07) is 0. The predicted molar refractivity (Wildman–Crippen MR) is 39.5 cm³/mol. The summed E-state index contributed by atoms with van der Waals surface area (Å²) in [7, 11) is 2.06. The van der Waals surface area contributed by atoms with E-state index in [2.05, 4.69) is 30.6 Å². The molecule has 1 aromatic heterocycles. The van der Waals surface area contributed by atoms with Gasteiger partial charge in [-0.2, -0.15) is 5.10 Å². The topological polar surface area (TPSA) is 34.4 Å². The summed E-state index contributed by atoms with van der Waals surface area (Å²) in [6.07, 6.45) is 4.00. The van der Waals surface area contributed by atoms with E-state index in [0.29, 0.717) is 0 Å². The van der Waals surface area contributed by atoms with Gasteiger partial charge >= 0.3 is 0 Å². The standard InChI is InChI=1S/C7H13N3/c1-3-10-6-7(4-8-2)5-9-10/h5-6,8H,3-4H2,1-2H3/p+1. The number of aromatic nitrogens is 2. The van der Waals surface area contributed by atoms with Crippen LogP contribution in [0, 0.1) is 0 Å². The minimum Gasteiger partial charge on any atom is -0.345 e. The Morgan fingerprint density at radius 1 is 1.70 bits per heavy atom. The minimum absolute atomic E-state index is 0.962. The van der Waals surface area contributed by atoms with E-state index in [1.54, 1.807) is 0 Å². The number of hydrogen-bond acceptors (Lipinski definition) is 1. The SMILES string of the molecule is CCn1cc(C[NH2+]C)cn1. The molecule has 0 unspecified atom stereocenters. The van der Waals surface area contributed by atoms with E-state index in [9.17, 15) is 0 Å². The molecule has 0 amide bonds. The Kier molecular flexibility index (Phi) is 2.45. The van der Waals surface area contributed by atoms with Crippen molar-refractivity contribution < 1.29 is 5.32 Å². The summed E-state index contributed by atoms with van der Waals surface area (Å²) < 4.78 is 1.94. The van der Waals surface area contributed by atoms with Gasteiger partial charge in [0.1, 0.15) is 6.54 Å². The fourth-order valence-corrected chi connectivity index (χ4v) is 0.920. The number of rotatable bonds is 3. The van der Waals surface area contributed by atoms with Crippen molar-refractivity contribution in [3.63, 3.8) is 0 Å². The smallest absolute Gasteiger partial charge is 0.104 e. The molecule has 0 fully saturated rings. The highest BCUT2D eigenvalue weighted by Gasteiger charge is 1.95. The molecule has 3 heteroatoms. The second kappa shape index (κ2) is 3.37. The molecule has 0 radical (unpaired) electrons. The first-order valence-electron chi connectivity index (χ1n) is 3.66. The fraction of sp³-hybridized carbons (Fsp3) is 0.571. The number of hydrogen-bond donors (Lipinski definition) is 1. The average molecular weight is 140 g/mol. The minimum atomic E-state index is 0.962. The van der Waals surface area contributed by atoms with Crippen LogP contribution >= 0.6 is 0 Å². The molecule has 1 rings (SSSR count). The van der Waals surface area contributed by atoms with Gasteiger partial charge in [0.2, 0.25) is 0 Å². The summed E-state index contributed by atoms with van der Waals surface area (Å²) >= 11 is 0. The molecule has 1 heterocycles. The Hall–Kier alpha value is -0.830. The third kappa shape index (κ3) is 1.57. The highest BCUT2D eigenvalue weighted by atomic mass is 15.3. The third-order valence-corrected chi connectivity index (χ3v) is 1.45. The van der Waals surface area contributed by atoms with Gasteiger partial charge in [-0.05, 0) is 6.92 Å².